The van der Waals surface area contributed by atoms with Gasteiger partial charge in [0.15, 0.2) is 0 Å². The van der Waals surface area contributed by atoms with Gasteiger partial charge in [-0.1, -0.05) is 13.8 Å². The minimum Gasteiger partial charge on any atom is -0.481 e. The Bertz CT molecular complexity index is 366. The molecular weight excluding hydrogens is 244 g/mol. The largest absolute Gasteiger partial charge is 0.481 e. The number of hydrogen-bond donors (Lipinski definition) is 3. The zero-order valence-electron chi connectivity index (χ0n) is 11.7. The van der Waals surface area contributed by atoms with Crippen molar-refractivity contribution in [2.75, 3.05) is 6.54 Å². The Morgan fingerprint density at radius 2 is 1.89 bits per heavy atom. The zero-order valence-corrected chi connectivity index (χ0v) is 11.7. The summed E-state index contributed by atoms with van der Waals surface area (Å²) in [7, 11) is 0. The predicted octanol–water partition coefficient (Wildman–Crippen LogP) is 1.98. The molecule has 108 valence electrons. The van der Waals surface area contributed by atoms with Gasteiger partial charge >= 0.3 is 12.0 Å². The van der Waals surface area contributed by atoms with Gasteiger partial charge in [0.1, 0.15) is 0 Å². The summed E-state index contributed by atoms with van der Waals surface area (Å²) in [5.41, 5.74) is -0.689. The fraction of sp³-hybridized carbons (Fsp3) is 0.857. The molecule has 2 rings (SSSR count). The van der Waals surface area contributed by atoms with E-state index in [1.165, 1.54) is 0 Å². The van der Waals surface area contributed by atoms with Gasteiger partial charge in [0.05, 0.1) is 5.41 Å². The van der Waals surface area contributed by atoms with Crippen molar-refractivity contribution < 1.29 is 14.7 Å². The molecule has 5 heteroatoms. The van der Waals surface area contributed by atoms with Crippen molar-refractivity contribution >= 4 is 12.0 Å². The molecule has 0 aromatic carbocycles. The van der Waals surface area contributed by atoms with Gasteiger partial charge in [-0.15, -0.1) is 0 Å². The summed E-state index contributed by atoms with van der Waals surface area (Å²) in [6, 6.07) is 0.00505. The van der Waals surface area contributed by atoms with Crippen molar-refractivity contribution in [3.05, 3.63) is 0 Å². The minimum atomic E-state index is -0.798. The molecule has 0 aromatic heterocycles. The second kappa shape index (κ2) is 5.39. The highest BCUT2D eigenvalue weighted by molar-refractivity contribution is 5.80. The number of carboxylic acids is 1. The van der Waals surface area contributed by atoms with Crippen molar-refractivity contribution in [1.82, 2.24) is 10.6 Å². The Kier molecular flexibility index (Phi) is 4.02. The molecule has 0 radical (unpaired) electrons. The van der Waals surface area contributed by atoms with E-state index in [0.717, 1.165) is 25.2 Å². The van der Waals surface area contributed by atoms with Crippen LogP contribution in [0.1, 0.15) is 46.0 Å². The maximum atomic E-state index is 11.8. The Morgan fingerprint density at radius 3 is 2.42 bits per heavy atom. The van der Waals surface area contributed by atoms with Gasteiger partial charge in [-0.3, -0.25) is 4.79 Å². The molecular formula is C14H24N2O3. The molecule has 2 amide bonds. The lowest BCUT2D eigenvalue weighted by atomic mass is 9.79. The number of hydrogen-bond acceptors (Lipinski definition) is 2. The molecule has 2 aliphatic rings. The van der Waals surface area contributed by atoms with E-state index in [1.54, 1.807) is 0 Å². The Labute approximate surface area is 114 Å². The first-order valence-corrected chi connectivity index (χ1v) is 7.21. The maximum Gasteiger partial charge on any atom is 0.315 e. The molecule has 2 fully saturated rings. The van der Waals surface area contributed by atoms with E-state index in [1.807, 2.05) is 0 Å². The molecule has 3 N–H and O–H groups in total. The molecule has 0 saturated heterocycles. The molecule has 3 atom stereocenters. The third-order valence-electron chi connectivity index (χ3n) is 4.83. The van der Waals surface area contributed by atoms with Crippen molar-refractivity contribution in [1.29, 1.82) is 0 Å². The van der Waals surface area contributed by atoms with E-state index in [-0.39, 0.29) is 18.6 Å². The van der Waals surface area contributed by atoms with Crippen molar-refractivity contribution in [3.63, 3.8) is 0 Å². The van der Waals surface area contributed by atoms with E-state index in [9.17, 15) is 9.59 Å². The average molecular weight is 268 g/mol. The molecule has 0 aromatic rings. The van der Waals surface area contributed by atoms with Crippen LogP contribution in [-0.2, 0) is 4.79 Å². The van der Waals surface area contributed by atoms with Crippen LogP contribution in [0.2, 0.25) is 0 Å². The fourth-order valence-electron chi connectivity index (χ4n) is 2.78. The fourth-order valence-corrected chi connectivity index (χ4v) is 2.78. The first-order chi connectivity index (χ1) is 8.93. The highest BCUT2D eigenvalue weighted by Gasteiger charge is 2.50. The van der Waals surface area contributed by atoms with Crippen LogP contribution in [-0.4, -0.2) is 29.7 Å². The standard InChI is InChI=1S/C14H24N2O3/c1-9-3-4-11(7-10(9)2)16-13(19)15-8-14(5-6-14)12(17)18/h9-11H,3-8H2,1-2H3,(H,17,18)(H2,15,16,19). The van der Waals surface area contributed by atoms with Gasteiger partial charge in [0, 0.05) is 12.6 Å². The smallest absolute Gasteiger partial charge is 0.315 e. The Morgan fingerprint density at radius 1 is 1.21 bits per heavy atom. The molecule has 3 unspecified atom stereocenters. The van der Waals surface area contributed by atoms with Crippen LogP contribution in [0.3, 0.4) is 0 Å². The van der Waals surface area contributed by atoms with Crippen LogP contribution in [0.15, 0.2) is 0 Å². The van der Waals surface area contributed by atoms with E-state index >= 15 is 0 Å². The molecule has 0 bridgehead atoms. The third kappa shape index (κ3) is 3.39. The summed E-state index contributed by atoms with van der Waals surface area (Å²) in [6.07, 6.45) is 4.51. The summed E-state index contributed by atoms with van der Waals surface area (Å²) in [4.78, 5) is 22.8. The number of carbonyl (C=O) groups excluding carboxylic acids is 1. The normalized spacial score (nSPS) is 32.4. The van der Waals surface area contributed by atoms with Crippen LogP contribution in [0.25, 0.3) is 0 Å². The molecule has 2 aliphatic carbocycles. The number of amides is 2. The van der Waals surface area contributed by atoms with Crippen molar-refractivity contribution in [3.8, 4) is 0 Å². The van der Waals surface area contributed by atoms with E-state index in [0.29, 0.717) is 18.8 Å². The lowest BCUT2D eigenvalue weighted by Crippen LogP contribution is -2.47. The first kappa shape index (κ1) is 14.2. The SMILES string of the molecule is CC1CCC(NC(=O)NCC2(C(=O)O)CC2)CC1C. The number of rotatable bonds is 4. The van der Waals surface area contributed by atoms with E-state index in [4.69, 9.17) is 5.11 Å². The Hall–Kier alpha value is -1.26. The van der Waals surface area contributed by atoms with Gasteiger partial charge in [-0.25, -0.2) is 4.79 Å². The molecule has 0 aliphatic heterocycles. The number of nitrogens with one attached hydrogen (secondary N) is 2. The number of carbonyl (C=O) groups is 2. The summed E-state index contributed by atoms with van der Waals surface area (Å²) in [6.45, 7) is 4.72. The van der Waals surface area contributed by atoms with Gasteiger partial charge < -0.3 is 15.7 Å². The van der Waals surface area contributed by atoms with E-state index in [2.05, 4.69) is 24.5 Å². The Balaban J connectivity index is 1.72. The van der Waals surface area contributed by atoms with Crippen molar-refractivity contribution in [2.45, 2.75) is 52.0 Å². The van der Waals surface area contributed by atoms with Crippen molar-refractivity contribution in [2.24, 2.45) is 17.3 Å². The summed E-state index contributed by atoms with van der Waals surface area (Å²) >= 11 is 0. The number of aliphatic carboxylic acids is 1. The zero-order chi connectivity index (χ0) is 14.0. The molecule has 2 saturated carbocycles. The summed E-state index contributed by atoms with van der Waals surface area (Å²) in [5.74, 6) is 0.559. The highest BCUT2D eigenvalue weighted by Crippen LogP contribution is 2.45. The van der Waals surface area contributed by atoms with Crippen LogP contribution < -0.4 is 10.6 Å². The third-order valence-corrected chi connectivity index (χ3v) is 4.83. The summed E-state index contributed by atoms with van der Waals surface area (Å²) < 4.78 is 0. The van der Waals surface area contributed by atoms with Gasteiger partial charge in [-0.2, -0.15) is 0 Å². The maximum absolute atomic E-state index is 11.8. The topological polar surface area (TPSA) is 78.4 Å². The summed E-state index contributed by atoms with van der Waals surface area (Å²) in [5, 5.41) is 14.7. The molecule has 0 heterocycles. The first-order valence-electron chi connectivity index (χ1n) is 7.21. The van der Waals surface area contributed by atoms with Crippen LogP contribution in [0, 0.1) is 17.3 Å². The van der Waals surface area contributed by atoms with Crippen LogP contribution >= 0.6 is 0 Å². The minimum absolute atomic E-state index is 0.223. The number of urea groups is 1. The molecule has 5 nitrogen and oxygen atoms in total. The average Bonchev–Trinajstić information content (AvgIpc) is 3.13. The van der Waals surface area contributed by atoms with Gasteiger partial charge in [0.2, 0.25) is 0 Å². The number of carboxylic acid groups (broad SMARTS) is 1. The van der Waals surface area contributed by atoms with Gasteiger partial charge in [0.25, 0.3) is 0 Å². The van der Waals surface area contributed by atoms with Crippen LogP contribution in [0.4, 0.5) is 4.79 Å². The molecule has 0 spiro atoms. The second-order valence-electron chi connectivity index (χ2n) is 6.38. The lowest BCUT2D eigenvalue weighted by molar-refractivity contribution is -0.143. The molecule has 19 heavy (non-hydrogen) atoms. The lowest BCUT2D eigenvalue weighted by Gasteiger charge is -2.32. The second-order valence-corrected chi connectivity index (χ2v) is 6.38. The van der Waals surface area contributed by atoms with Gasteiger partial charge in [-0.05, 0) is 43.9 Å². The highest BCUT2D eigenvalue weighted by atomic mass is 16.4. The monoisotopic (exact) mass is 268 g/mol. The van der Waals surface area contributed by atoms with Crippen LogP contribution in [0.5, 0.6) is 0 Å². The van der Waals surface area contributed by atoms with E-state index < -0.39 is 11.4 Å². The predicted molar refractivity (Wildman–Crippen MR) is 71.8 cm³/mol. The quantitative estimate of drug-likeness (QED) is 0.729.